The molecule has 1 aliphatic carbocycles. The fourth-order valence-corrected chi connectivity index (χ4v) is 2.78. The summed E-state index contributed by atoms with van der Waals surface area (Å²) in [6.07, 6.45) is 3.62. The number of hydrogen-bond acceptors (Lipinski definition) is 1. The smallest absolute Gasteiger partial charge is 0.108 e. The van der Waals surface area contributed by atoms with Gasteiger partial charge in [-0.2, -0.15) is 0 Å². The molecular formula is C14H28FN. The van der Waals surface area contributed by atoms with Gasteiger partial charge < -0.3 is 4.90 Å². The van der Waals surface area contributed by atoms with Gasteiger partial charge in [0.2, 0.25) is 0 Å². The van der Waals surface area contributed by atoms with Gasteiger partial charge in [-0.1, -0.05) is 20.8 Å². The van der Waals surface area contributed by atoms with Crippen molar-refractivity contribution >= 4 is 0 Å². The second kappa shape index (κ2) is 5.03. The fraction of sp³-hybridized carbons (Fsp3) is 1.00. The molecule has 0 saturated heterocycles. The lowest BCUT2D eigenvalue weighted by Crippen LogP contribution is -2.36. The van der Waals surface area contributed by atoms with Crippen molar-refractivity contribution in [2.45, 2.75) is 59.0 Å². The van der Waals surface area contributed by atoms with Gasteiger partial charge in [0, 0.05) is 13.1 Å². The van der Waals surface area contributed by atoms with Crippen molar-refractivity contribution in [3.8, 4) is 0 Å². The molecule has 0 aromatic rings. The predicted octanol–water partition coefficient (Wildman–Crippen LogP) is 3.88. The van der Waals surface area contributed by atoms with Crippen molar-refractivity contribution in [1.82, 2.24) is 4.90 Å². The highest BCUT2D eigenvalue weighted by molar-refractivity contribution is 4.83. The van der Waals surface area contributed by atoms with Gasteiger partial charge in [-0.15, -0.1) is 0 Å². The van der Waals surface area contributed by atoms with Crippen LogP contribution in [0.25, 0.3) is 0 Å². The Labute approximate surface area is 100 Å². The zero-order valence-electron chi connectivity index (χ0n) is 11.6. The predicted molar refractivity (Wildman–Crippen MR) is 68.4 cm³/mol. The Hall–Kier alpha value is -0.110. The maximum absolute atomic E-state index is 13.6. The second-order valence-electron chi connectivity index (χ2n) is 7.11. The summed E-state index contributed by atoms with van der Waals surface area (Å²) in [5.74, 6) is 0.705. The highest BCUT2D eigenvalue weighted by atomic mass is 19.1. The van der Waals surface area contributed by atoms with Crippen LogP contribution >= 0.6 is 0 Å². The van der Waals surface area contributed by atoms with E-state index in [2.05, 4.69) is 32.7 Å². The lowest BCUT2D eigenvalue weighted by Gasteiger charge is -2.35. The van der Waals surface area contributed by atoms with Crippen LogP contribution in [0.1, 0.15) is 53.4 Å². The molecule has 1 rings (SSSR count). The summed E-state index contributed by atoms with van der Waals surface area (Å²) in [6, 6.07) is 0. The molecule has 0 radical (unpaired) electrons. The highest BCUT2D eigenvalue weighted by Crippen LogP contribution is 2.35. The lowest BCUT2D eigenvalue weighted by atomic mass is 9.80. The van der Waals surface area contributed by atoms with E-state index in [1.165, 1.54) is 0 Å². The minimum atomic E-state index is -0.890. The van der Waals surface area contributed by atoms with E-state index in [-0.39, 0.29) is 0 Å². The standard InChI is InChI=1S/C14H28FN/c1-13(2,3)11-16(5)10-12-6-8-14(4,15)9-7-12/h12H,6-11H2,1-5H3. The summed E-state index contributed by atoms with van der Waals surface area (Å²) in [6.45, 7) is 10.8. The first-order chi connectivity index (χ1) is 7.18. The van der Waals surface area contributed by atoms with E-state index in [1.807, 2.05) is 0 Å². The summed E-state index contributed by atoms with van der Waals surface area (Å²) >= 11 is 0. The Morgan fingerprint density at radius 3 is 2.19 bits per heavy atom. The van der Waals surface area contributed by atoms with Crippen molar-refractivity contribution in [3.63, 3.8) is 0 Å². The molecule has 1 aliphatic rings. The SMILES string of the molecule is CN(CC1CCC(C)(F)CC1)CC(C)(C)C. The minimum Gasteiger partial charge on any atom is -0.306 e. The number of alkyl halides is 1. The van der Waals surface area contributed by atoms with Gasteiger partial charge in [0.1, 0.15) is 5.67 Å². The van der Waals surface area contributed by atoms with Gasteiger partial charge in [0.25, 0.3) is 0 Å². The van der Waals surface area contributed by atoms with Crippen LogP contribution in [-0.4, -0.2) is 30.7 Å². The quantitative estimate of drug-likeness (QED) is 0.710. The lowest BCUT2D eigenvalue weighted by molar-refractivity contribution is 0.0856. The number of halogens is 1. The maximum atomic E-state index is 13.6. The van der Waals surface area contributed by atoms with Crippen molar-refractivity contribution in [3.05, 3.63) is 0 Å². The first kappa shape index (κ1) is 14.0. The summed E-state index contributed by atoms with van der Waals surface area (Å²) < 4.78 is 13.6. The van der Waals surface area contributed by atoms with Crippen LogP contribution in [0.5, 0.6) is 0 Å². The number of hydrogen-bond donors (Lipinski definition) is 0. The Bertz CT molecular complexity index is 207. The molecule has 96 valence electrons. The van der Waals surface area contributed by atoms with E-state index in [0.29, 0.717) is 11.3 Å². The summed E-state index contributed by atoms with van der Waals surface area (Å²) in [5, 5.41) is 0. The molecule has 0 aromatic heterocycles. The van der Waals surface area contributed by atoms with Crippen LogP contribution in [-0.2, 0) is 0 Å². The molecular weight excluding hydrogens is 201 g/mol. The van der Waals surface area contributed by atoms with E-state index in [4.69, 9.17) is 0 Å². The van der Waals surface area contributed by atoms with Crippen LogP contribution in [0.2, 0.25) is 0 Å². The molecule has 2 heteroatoms. The zero-order valence-corrected chi connectivity index (χ0v) is 11.6. The van der Waals surface area contributed by atoms with Crippen molar-refractivity contribution in [2.24, 2.45) is 11.3 Å². The molecule has 0 heterocycles. The molecule has 0 unspecified atom stereocenters. The van der Waals surface area contributed by atoms with E-state index in [9.17, 15) is 4.39 Å². The van der Waals surface area contributed by atoms with Gasteiger partial charge in [-0.05, 0) is 51.0 Å². The van der Waals surface area contributed by atoms with Crippen molar-refractivity contribution < 1.29 is 4.39 Å². The van der Waals surface area contributed by atoms with Crippen molar-refractivity contribution in [1.29, 1.82) is 0 Å². The van der Waals surface area contributed by atoms with Crippen LogP contribution in [0, 0.1) is 11.3 Å². The average molecular weight is 229 g/mol. The molecule has 1 saturated carbocycles. The Morgan fingerprint density at radius 2 is 1.75 bits per heavy atom. The van der Waals surface area contributed by atoms with Crippen LogP contribution in [0.4, 0.5) is 4.39 Å². The van der Waals surface area contributed by atoms with E-state index in [1.54, 1.807) is 6.92 Å². The van der Waals surface area contributed by atoms with Gasteiger partial charge in [0.05, 0.1) is 0 Å². The van der Waals surface area contributed by atoms with E-state index in [0.717, 1.165) is 38.8 Å². The van der Waals surface area contributed by atoms with Gasteiger partial charge in [-0.25, -0.2) is 4.39 Å². The van der Waals surface area contributed by atoms with E-state index >= 15 is 0 Å². The molecule has 0 aromatic carbocycles. The van der Waals surface area contributed by atoms with Gasteiger partial charge in [0.15, 0.2) is 0 Å². The Kier molecular flexibility index (Phi) is 4.39. The summed E-state index contributed by atoms with van der Waals surface area (Å²) in [5.41, 5.74) is -0.531. The monoisotopic (exact) mass is 229 g/mol. The molecule has 16 heavy (non-hydrogen) atoms. The molecule has 0 bridgehead atoms. The molecule has 0 atom stereocenters. The largest absolute Gasteiger partial charge is 0.306 e. The third-order valence-corrected chi connectivity index (χ3v) is 3.46. The Balaban J connectivity index is 2.28. The van der Waals surface area contributed by atoms with Crippen LogP contribution in [0.15, 0.2) is 0 Å². The first-order valence-corrected chi connectivity index (χ1v) is 6.55. The summed E-state index contributed by atoms with van der Waals surface area (Å²) in [4.78, 5) is 2.41. The minimum absolute atomic E-state index is 0.359. The van der Waals surface area contributed by atoms with Crippen LogP contribution in [0.3, 0.4) is 0 Å². The molecule has 0 amide bonds. The third kappa shape index (κ3) is 5.29. The third-order valence-electron chi connectivity index (χ3n) is 3.46. The molecule has 0 spiro atoms. The highest BCUT2D eigenvalue weighted by Gasteiger charge is 2.31. The Morgan fingerprint density at radius 1 is 1.25 bits per heavy atom. The topological polar surface area (TPSA) is 3.24 Å². The zero-order chi connectivity index (χ0) is 12.4. The van der Waals surface area contributed by atoms with Gasteiger partial charge in [-0.3, -0.25) is 0 Å². The molecule has 1 fully saturated rings. The van der Waals surface area contributed by atoms with Crippen LogP contribution < -0.4 is 0 Å². The first-order valence-electron chi connectivity index (χ1n) is 6.55. The van der Waals surface area contributed by atoms with Gasteiger partial charge >= 0.3 is 0 Å². The second-order valence-corrected chi connectivity index (χ2v) is 7.11. The molecule has 0 aliphatic heterocycles. The molecule has 0 N–H and O–H groups in total. The van der Waals surface area contributed by atoms with Crippen molar-refractivity contribution in [2.75, 3.05) is 20.1 Å². The summed E-state index contributed by atoms with van der Waals surface area (Å²) in [7, 11) is 2.19. The average Bonchev–Trinajstić information content (AvgIpc) is 2.05. The molecule has 1 nitrogen and oxygen atoms in total. The normalized spacial score (nSPS) is 32.1. The number of rotatable bonds is 3. The maximum Gasteiger partial charge on any atom is 0.108 e. The van der Waals surface area contributed by atoms with E-state index < -0.39 is 5.67 Å². The fourth-order valence-electron chi connectivity index (χ4n) is 2.78. The number of nitrogens with zero attached hydrogens (tertiary/aromatic N) is 1.